The molecular formula is C15H22N2O4. The highest BCUT2D eigenvalue weighted by Crippen LogP contribution is 2.27. The maximum atomic E-state index is 8.91. The third-order valence-electron chi connectivity index (χ3n) is 3.28. The number of hydrogen-bond acceptors (Lipinski definition) is 5. The maximum Gasteiger partial charge on any atom is 0.173 e. The summed E-state index contributed by atoms with van der Waals surface area (Å²) >= 11 is 0. The van der Waals surface area contributed by atoms with Crippen LogP contribution in [0.2, 0.25) is 0 Å². The molecule has 0 aliphatic carbocycles. The van der Waals surface area contributed by atoms with Crippen LogP contribution in [0.3, 0.4) is 0 Å². The van der Waals surface area contributed by atoms with Gasteiger partial charge < -0.3 is 25.2 Å². The molecule has 6 heteroatoms. The van der Waals surface area contributed by atoms with Crippen molar-refractivity contribution in [1.82, 2.24) is 0 Å². The summed E-state index contributed by atoms with van der Waals surface area (Å²) in [4.78, 5) is 0. The number of rotatable bonds is 4. The average Bonchev–Trinajstić information content (AvgIpc) is 2.75. The van der Waals surface area contributed by atoms with E-state index < -0.39 is 5.79 Å². The molecule has 0 amide bonds. The second-order valence-corrected chi connectivity index (χ2v) is 5.71. The topological polar surface area (TPSA) is 86.3 Å². The van der Waals surface area contributed by atoms with Gasteiger partial charge in [0.25, 0.3) is 0 Å². The van der Waals surface area contributed by atoms with E-state index in [0.29, 0.717) is 24.5 Å². The van der Waals surface area contributed by atoms with Crippen molar-refractivity contribution in [3.05, 3.63) is 28.8 Å². The van der Waals surface area contributed by atoms with Crippen LogP contribution in [0.4, 0.5) is 0 Å². The fourth-order valence-corrected chi connectivity index (χ4v) is 2.41. The molecular weight excluding hydrogens is 272 g/mol. The SMILES string of the molecule is Cc1cc(C)c(OCC2COC(C)(C)O2)c(C(N)=NO)c1. The zero-order chi connectivity index (χ0) is 15.6. The highest BCUT2D eigenvalue weighted by molar-refractivity contribution is 6.00. The van der Waals surface area contributed by atoms with Crippen molar-refractivity contribution < 1.29 is 19.4 Å². The lowest BCUT2D eigenvalue weighted by Gasteiger charge is -2.19. The molecule has 2 rings (SSSR count). The van der Waals surface area contributed by atoms with Gasteiger partial charge in [-0.1, -0.05) is 11.2 Å². The summed E-state index contributed by atoms with van der Waals surface area (Å²) < 4.78 is 17.0. The van der Waals surface area contributed by atoms with Crippen LogP contribution in [-0.4, -0.2) is 36.1 Å². The summed E-state index contributed by atoms with van der Waals surface area (Å²) in [5.74, 6) is 0.0510. The number of ether oxygens (including phenoxy) is 3. The monoisotopic (exact) mass is 294 g/mol. The minimum absolute atomic E-state index is 0.0284. The Labute approximate surface area is 124 Å². The number of amidine groups is 1. The first kappa shape index (κ1) is 15.6. The van der Waals surface area contributed by atoms with Gasteiger partial charge in [0, 0.05) is 0 Å². The van der Waals surface area contributed by atoms with Crippen molar-refractivity contribution in [3.63, 3.8) is 0 Å². The molecule has 116 valence electrons. The molecule has 1 aliphatic rings. The summed E-state index contributed by atoms with van der Waals surface area (Å²) in [5, 5.41) is 12.0. The van der Waals surface area contributed by atoms with E-state index in [1.807, 2.05) is 39.8 Å². The van der Waals surface area contributed by atoms with E-state index in [4.69, 9.17) is 25.2 Å². The van der Waals surface area contributed by atoms with Gasteiger partial charge in [-0.2, -0.15) is 0 Å². The minimum Gasteiger partial charge on any atom is -0.490 e. The number of benzene rings is 1. The Morgan fingerprint density at radius 1 is 1.48 bits per heavy atom. The normalized spacial score (nSPS) is 21.5. The van der Waals surface area contributed by atoms with Crippen LogP contribution in [0.25, 0.3) is 0 Å². The number of nitrogens with two attached hydrogens (primary N) is 1. The molecule has 1 aromatic rings. The Hall–Kier alpha value is -1.79. The van der Waals surface area contributed by atoms with E-state index in [9.17, 15) is 0 Å². The van der Waals surface area contributed by atoms with Crippen molar-refractivity contribution in [2.24, 2.45) is 10.9 Å². The van der Waals surface area contributed by atoms with Gasteiger partial charge in [0.05, 0.1) is 12.2 Å². The van der Waals surface area contributed by atoms with Gasteiger partial charge in [0.1, 0.15) is 18.5 Å². The summed E-state index contributed by atoms with van der Waals surface area (Å²) in [5.41, 5.74) is 8.24. The molecule has 3 N–H and O–H groups in total. The Morgan fingerprint density at radius 2 is 2.19 bits per heavy atom. The molecule has 6 nitrogen and oxygen atoms in total. The molecule has 1 unspecified atom stereocenters. The van der Waals surface area contributed by atoms with E-state index in [1.165, 1.54) is 0 Å². The predicted molar refractivity (Wildman–Crippen MR) is 78.8 cm³/mol. The third-order valence-corrected chi connectivity index (χ3v) is 3.28. The van der Waals surface area contributed by atoms with E-state index in [1.54, 1.807) is 0 Å². The highest BCUT2D eigenvalue weighted by atomic mass is 16.7. The molecule has 1 aromatic carbocycles. The molecule has 1 heterocycles. The lowest BCUT2D eigenvalue weighted by molar-refractivity contribution is -0.141. The molecule has 1 fully saturated rings. The van der Waals surface area contributed by atoms with Crippen molar-refractivity contribution in [3.8, 4) is 5.75 Å². The Kier molecular flexibility index (Phi) is 4.39. The van der Waals surface area contributed by atoms with Crippen LogP contribution in [0.1, 0.15) is 30.5 Å². The Bertz CT molecular complexity index is 555. The molecule has 1 aliphatic heterocycles. The van der Waals surface area contributed by atoms with Crippen molar-refractivity contribution in [2.45, 2.75) is 39.6 Å². The van der Waals surface area contributed by atoms with Gasteiger partial charge in [-0.25, -0.2) is 0 Å². The largest absolute Gasteiger partial charge is 0.490 e. The van der Waals surface area contributed by atoms with E-state index >= 15 is 0 Å². The lowest BCUT2D eigenvalue weighted by Crippen LogP contribution is -2.26. The van der Waals surface area contributed by atoms with Crippen molar-refractivity contribution in [1.29, 1.82) is 0 Å². The Balaban J connectivity index is 2.16. The second kappa shape index (κ2) is 5.91. The smallest absolute Gasteiger partial charge is 0.173 e. The molecule has 1 atom stereocenters. The van der Waals surface area contributed by atoms with Gasteiger partial charge in [-0.3, -0.25) is 0 Å². The first-order chi connectivity index (χ1) is 9.82. The minimum atomic E-state index is -0.579. The van der Waals surface area contributed by atoms with E-state index in [2.05, 4.69) is 5.16 Å². The van der Waals surface area contributed by atoms with Crippen LogP contribution in [0.15, 0.2) is 17.3 Å². The van der Waals surface area contributed by atoms with Gasteiger partial charge in [0.2, 0.25) is 0 Å². The zero-order valence-corrected chi connectivity index (χ0v) is 12.8. The van der Waals surface area contributed by atoms with E-state index in [0.717, 1.165) is 11.1 Å². The summed E-state index contributed by atoms with van der Waals surface area (Å²) in [6, 6.07) is 3.81. The molecule has 0 radical (unpaired) electrons. The quantitative estimate of drug-likeness (QED) is 0.383. The van der Waals surface area contributed by atoms with Gasteiger partial charge in [-0.05, 0) is 44.9 Å². The van der Waals surface area contributed by atoms with Gasteiger partial charge >= 0.3 is 0 Å². The van der Waals surface area contributed by atoms with Gasteiger partial charge in [0.15, 0.2) is 11.6 Å². The fourth-order valence-electron chi connectivity index (χ4n) is 2.41. The van der Waals surface area contributed by atoms with E-state index in [-0.39, 0.29) is 11.9 Å². The van der Waals surface area contributed by atoms with Crippen LogP contribution in [-0.2, 0) is 9.47 Å². The number of oxime groups is 1. The van der Waals surface area contributed by atoms with Crippen LogP contribution in [0.5, 0.6) is 5.75 Å². The van der Waals surface area contributed by atoms with Crippen molar-refractivity contribution in [2.75, 3.05) is 13.2 Å². The summed E-state index contributed by atoms with van der Waals surface area (Å²) in [6.07, 6.45) is -0.138. The highest BCUT2D eigenvalue weighted by Gasteiger charge is 2.33. The molecule has 1 saturated heterocycles. The number of hydrogen-bond donors (Lipinski definition) is 2. The molecule has 0 spiro atoms. The first-order valence-corrected chi connectivity index (χ1v) is 6.86. The molecule has 21 heavy (non-hydrogen) atoms. The zero-order valence-electron chi connectivity index (χ0n) is 12.8. The second-order valence-electron chi connectivity index (χ2n) is 5.71. The predicted octanol–water partition coefficient (Wildman–Crippen LogP) is 1.93. The molecule has 0 aromatic heterocycles. The van der Waals surface area contributed by atoms with Crippen LogP contribution >= 0.6 is 0 Å². The average molecular weight is 294 g/mol. The fraction of sp³-hybridized carbons (Fsp3) is 0.533. The van der Waals surface area contributed by atoms with Crippen LogP contribution in [0, 0.1) is 13.8 Å². The molecule has 0 bridgehead atoms. The summed E-state index contributed by atoms with van der Waals surface area (Å²) in [6.45, 7) is 8.43. The van der Waals surface area contributed by atoms with Gasteiger partial charge in [-0.15, -0.1) is 0 Å². The van der Waals surface area contributed by atoms with Crippen molar-refractivity contribution >= 4 is 5.84 Å². The van der Waals surface area contributed by atoms with Crippen LogP contribution < -0.4 is 10.5 Å². The maximum absolute atomic E-state index is 8.91. The number of nitrogens with zero attached hydrogens (tertiary/aromatic N) is 1. The third kappa shape index (κ3) is 3.65. The standard InChI is InChI=1S/C15H22N2O4/c1-9-5-10(2)13(12(6-9)14(16)17-18)19-7-11-8-20-15(3,4)21-11/h5-6,11,18H,7-8H2,1-4H3,(H2,16,17). The number of aryl methyl sites for hydroxylation is 2. The first-order valence-electron chi connectivity index (χ1n) is 6.86. The Morgan fingerprint density at radius 3 is 2.76 bits per heavy atom. The molecule has 0 saturated carbocycles. The summed E-state index contributed by atoms with van der Waals surface area (Å²) in [7, 11) is 0. The lowest BCUT2D eigenvalue weighted by atomic mass is 10.0.